The normalized spacial score (nSPS) is 12.3. The highest BCUT2D eigenvalue weighted by Gasteiger charge is 2.17. The topological polar surface area (TPSA) is 61.8 Å². The van der Waals surface area contributed by atoms with Crippen LogP contribution in [0.15, 0.2) is 24.3 Å². The van der Waals surface area contributed by atoms with Gasteiger partial charge in [-0.15, -0.1) is 0 Å². The lowest BCUT2D eigenvalue weighted by molar-refractivity contribution is -0.163. The van der Waals surface area contributed by atoms with Crippen LogP contribution < -0.4 is 0 Å². The van der Waals surface area contributed by atoms with Crippen LogP contribution in [0.2, 0.25) is 0 Å². The Labute approximate surface area is 362 Å². The van der Waals surface area contributed by atoms with Crippen LogP contribution in [0.5, 0.6) is 0 Å². The van der Waals surface area contributed by atoms with Gasteiger partial charge in [0.05, 0.1) is 6.61 Å². The van der Waals surface area contributed by atoms with E-state index in [1.165, 1.54) is 193 Å². The van der Waals surface area contributed by atoms with Gasteiger partial charge in [0.1, 0.15) is 6.61 Å². The number of hydrogen-bond acceptors (Lipinski definition) is 5. The lowest BCUT2D eigenvalue weighted by Gasteiger charge is -2.18. The number of esters is 2. The van der Waals surface area contributed by atoms with Crippen LogP contribution in [-0.2, 0) is 23.8 Å². The molecule has 0 N–H and O–H groups in total. The molecule has 0 heterocycles. The molecule has 0 amide bonds. The number of hydrogen-bond donors (Lipinski definition) is 0. The molecule has 0 rings (SSSR count). The Morgan fingerprint density at radius 1 is 0.362 bits per heavy atom. The first kappa shape index (κ1) is 56.4. The van der Waals surface area contributed by atoms with Crippen molar-refractivity contribution in [3.63, 3.8) is 0 Å². The Hall–Kier alpha value is -1.62. The molecule has 0 bridgehead atoms. The number of unbranched alkanes of at least 4 members (excludes halogenated alkanes) is 33. The van der Waals surface area contributed by atoms with Crippen molar-refractivity contribution in [2.24, 2.45) is 0 Å². The van der Waals surface area contributed by atoms with Gasteiger partial charge in [0.15, 0.2) is 6.10 Å². The van der Waals surface area contributed by atoms with Crippen LogP contribution in [-0.4, -0.2) is 37.9 Å². The van der Waals surface area contributed by atoms with E-state index in [9.17, 15) is 9.59 Å². The molecule has 0 aliphatic carbocycles. The Bertz CT molecular complexity index is 882. The standard InChI is InChI=1S/C53H100O5/c1-4-7-10-13-16-19-22-24-26-28-30-33-36-39-42-45-48-56-49-51(58-53(55)47-44-41-38-35-31-21-18-15-12-9-6-3)50-57-52(54)46-43-40-37-34-32-29-27-25-23-20-17-14-11-8-5-2/h15,18,24,26,51H,4-14,16-17,19-23,25,27-50H2,1-3H3/b18-15-,26-24-. The van der Waals surface area contributed by atoms with E-state index >= 15 is 0 Å². The van der Waals surface area contributed by atoms with Crippen LogP contribution in [0.4, 0.5) is 0 Å². The Morgan fingerprint density at radius 3 is 1.10 bits per heavy atom. The minimum absolute atomic E-state index is 0.0858. The monoisotopic (exact) mass is 817 g/mol. The van der Waals surface area contributed by atoms with Crippen molar-refractivity contribution in [1.82, 2.24) is 0 Å². The van der Waals surface area contributed by atoms with Crippen molar-refractivity contribution >= 4 is 11.9 Å². The van der Waals surface area contributed by atoms with E-state index in [1.54, 1.807) is 0 Å². The predicted octanol–water partition coefficient (Wildman–Crippen LogP) is 17.2. The van der Waals surface area contributed by atoms with E-state index in [0.717, 1.165) is 51.4 Å². The molecule has 0 aliphatic heterocycles. The average Bonchev–Trinajstić information content (AvgIpc) is 3.22. The van der Waals surface area contributed by atoms with Gasteiger partial charge in [0.2, 0.25) is 0 Å². The molecule has 58 heavy (non-hydrogen) atoms. The maximum atomic E-state index is 12.7. The summed E-state index contributed by atoms with van der Waals surface area (Å²) in [5.41, 5.74) is 0. The highest BCUT2D eigenvalue weighted by atomic mass is 16.6. The van der Waals surface area contributed by atoms with Crippen molar-refractivity contribution in [3.05, 3.63) is 24.3 Å². The van der Waals surface area contributed by atoms with E-state index in [1.807, 2.05) is 0 Å². The molecule has 0 spiro atoms. The number of carbonyl (C=O) groups excluding carboxylic acids is 2. The van der Waals surface area contributed by atoms with E-state index in [4.69, 9.17) is 14.2 Å². The summed E-state index contributed by atoms with van der Waals surface area (Å²) in [6.07, 6.45) is 57.5. The highest BCUT2D eigenvalue weighted by Crippen LogP contribution is 2.15. The molecule has 0 saturated heterocycles. The van der Waals surface area contributed by atoms with Gasteiger partial charge < -0.3 is 14.2 Å². The molecule has 1 atom stereocenters. The molecule has 0 fully saturated rings. The maximum Gasteiger partial charge on any atom is 0.306 e. The second-order valence-corrected chi connectivity index (χ2v) is 17.4. The summed E-state index contributed by atoms with van der Waals surface area (Å²) in [7, 11) is 0. The average molecular weight is 817 g/mol. The second-order valence-electron chi connectivity index (χ2n) is 17.4. The van der Waals surface area contributed by atoms with Crippen LogP contribution in [0.3, 0.4) is 0 Å². The molecule has 0 saturated carbocycles. The van der Waals surface area contributed by atoms with Gasteiger partial charge in [0, 0.05) is 19.4 Å². The Morgan fingerprint density at radius 2 is 0.690 bits per heavy atom. The molecule has 0 aromatic heterocycles. The first-order chi connectivity index (χ1) is 28.6. The summed E-state index contributed by atoms with van der Waals surface area (Å²) in [6, 6.07) is 0. The first-order valence-electron chi connectivity index (χ1n) is 25.9. The van der Waals surface area contributed by atoms with Gasteiger partial charge in [0.25, 0.3) is 0 Å². The van der Waals surface area contributed by atoms with Gasteiger partial charge in [-0.3, -0.25) is 9.59 Å². The number of ether oxygens (including phenoxy) is 3. The zero-order valence-corrected chi connectivity index (χ0v) is 39.3. The molecule has 5 heteroatoms. The second kappa shape index (κ2) is 49.7. The zero-order chi connectivity index (χ0) is 42.1. The maximum absolute atomic E-state index is 12.7. The van der Waals surface area contributed by atoms with Crippen molar-refractivity contribution in [2.75, 3.05) is 19.8 Å². The molecule has 1 unspecified atom stereocenters. The van der Waals surface area contributed by atoms with Crippen LogP contribution in [0, 0.1) is 0 Å². The van der Waals surface area contributed by atoms with Gasteiger partial charge >= 0.3 is 11.9 Å². The molecule has 0 radical (unpaired) electrons. The summed E-state index contributed by atoms with van der Waals surface area (Å²) in [6.45, 7) is 7.81. The fourth-order valence-electron chi connectivity index (χ4n) is 7.55. The summed E-state index contributed by atoms with van der Waals surface area (Å²) in [5.74, 6) is -0.396. The predicted molar refractivity (Wildman–Crippen MR) is 252 cm³/mol. The van der Waals surface area contributed by atoms with Crippen LogP contribution in [0.25, 0.3) is 0 Å². The van der Waals surface area contributed by atoms with Gasteiger partial charge in [-0.2, -0.15) is 0 Å². The van der Waals surface area contributed by atoms with Crippen molar-refractivity contribution < 1.29 is 23.8 Å². The first-order valence-corrected chi connectivity index (χ1v) is 25.9. The minimum atomic E-state index is -0.536. The van der Waals surface area contributed by atoms with E-state index in [2.05, 4.69) is 45.1 Å². The number of allylic oxidation sites excluding steroid dienone is 4. The van der Waals surface area contributed by atoms with E-state index < -0.39 is 6.10 Å². The quantitative estimate of drug-likeness (QED) is 0.0348. The van der Waals surface area contributed by atoms with Crippen molar-refractivity contribution in [1.29, 1.82) is 0 Å². The minimum Gasteiger partial charge on any atom is -0.462 e. The lowest BCUT2D eigenvalue weighted by atomic mass is 10.0. The third-order valence-electron chi connectivity index (χ3n) is 11.5. The van der Waals surface area contributed by atoms with Gasteiger partial charge in [-0.25, -0.2) is 0 Å². The van der Waals surface area contributed by atoms with Gasteiger partial charge in [-0.1, -0.05) is 225 Å². The summed E-state index contributed by atoms with van der Waals surface area (Å²) in [4.78, 5) is 25.3. The van der Waals surface area contributed by atoms with Crippen LogP contribution in [0.1, 0.15) is 278 Å². The third kappa shape index (κ3) is 47.1. The molecular formula is C53H100O5. The summed E-state index contributed by atoms with van der Waals surface area (Å²) in [5, 5.41) is 0. The fraction of sp³-hybridized carbons (Fsp3) is 0.887. The van der Waals surface area contributed by atoms with E-state index in [0.29, 0.717) is 19.4 Å². The van der Waals surface area contributed by atoms with Crippen molar-refractivity contribution in [2.45, 2.75) is 284 Å². The molecule has 0 aromatic carbocycles. The summed E-state index contributed by atoms with van der Waals surface area (Å²) < 4.78 is 17.4. The number of rotatable bonds is 48. The number of carbonyl (C=O) groups is 2. The summed E-state index contributed by atoms with van der Waals surface area (Å²) >= 11 is 0. The molecule has 342 valence electrons. The SMILES string of the molecule is CCCC/C=C\CCCCCCCC(=O)OC(COCCCCCCCC/C=C\CCCCCCCC)COC(=O)CCCCCCCCCCCCCCCCC. The fourth-order valence-corrected chi connectivity index (χ4v) is 7.55. The van der Waals surface area contributed by atoms with Crippen molar-refractivity contribution in [3.8, 4) is 0 Å². The third-order valence-corrected chi connectivity index (χ3v) is 11.5. The Kier molecular flexibility index (Phi) is 48.4. The molecule has 0 aliphatic rings. The van der Waals surface area contributed by atoms with Gasteiger partial charge in [-0.05, 0) is 64.2 Å². The highest BCUT2D eigenvalue weighted by molar-refractivity contribution is 5.70. The molecule has 0 aromatic rings. The smallest absolute Gasteiger partial charge is 0.306 e. The lowest BCUT2D eigenvalue weighted by Crippen LogP contribution is -2.30. The van der Waals surface area contributed by atoms with E-state index in [-0.39, 0.29) is 25.2 Å². The zero-order valence-electron chi connectivity index (χ0n) is 39.3. The molecular weight excluding hydrogens is 717 g/mol. The van der Waals surface area contributed by atoms with Crippen LogP contribution >= 0.6 is 0 Å². The Balaban J connectivity index is 4.21. The largest absolute Gasteiger partial charge is 0.462 e. The molecule has 5 nitrogen and oxygen atoms in total.